The molecule has 1 amide bonds. The van der Waals surface area contributed by atoms with Crippen molar-refractivity contribution in [3.8, 4) is 0 Å². The summed E-state index contributed by atoms with van der Waals surface area (Å²) in [6.07, 6.45) is 5.48. The van der Waals surface area contributed by atoms with E-state index in [1.165, 1.54) is 5.57 Å². The van der Waals surface area contributed by atoms with E-state index in [4.69, 9.17) is 18.9 Å². The molecule has 2 bridgehead atoms. The monoisotopic (exact) mass is 339 g/mol. The Bertz CT molecular complexity index is 478. The Kier molecular flexibility index (Phi) is 5.47. The van der Waals surface area contributed by atoms with E-state index < -0.39 is 5.60 Å². The Morgan fingerprint density at radius 1 is 1.29 bits per heavy atom. The van der Waals surface area contributed by atoms with Crippen molar-refractivity contribution in [3.63, 3.8) is 0 Å². The minimum absolute atomic E-state index is 0.0319. The lowest BCUT2D eigenvalue weighted by atomic mass is 9.92. The maximum absolute atomic E-state index is 12.5. The minimum atomic E-state index is -0.480. The van der Waals surface area contributed by atoms with Gasteiger partial charge in [-0.15, -0.1) is 0 Å². The van der Waals surface area contributed by atoms with Crippen LogP contribution in [0.15, 0.2) is 11.6 Å². The van der Waals surface area contributed by atoms with Crippen molar-refractivity contribution in [2.24, 2.45) is 0 Å². The van der Waals surface area contributed by atoms with Gasteiger partial charge in [0.25, 0.3) is 0 Å². The fourth-order valence-electron chi connectivity index (χ4n) is 3.48. The van der Waals surface area contributed by atoms with Crippen LogP contribution in [0.25, 0.3) is 0 Å². The summed E-state index contributed by atoms with van der Waals surface area (Å²) in [7, 11) is 0. The predicted octanol–water partition coefficient (Wildman–Crippen LogP) is 2.86. The Morgan fingerprint density at radius 3 is 2.71 bits per heavy atom. The zero-order chi connectivity index (χ0) is 17.2. The standard InChI is InChI=1S/C18H29NO5/c1-18(2,3)24-17(20)19-14-9-13(10-15(19)12-21-11-14)5-6-16-22-7-4-8-23-16/h9,14-16H,4-8,10-12H2,1-3H3. The van der Waals surface area contributed by atoms with Gasteiger partial charge in [0, 0.05) is 6.42 Å². The first-order valence-electron chi connectivity index (χ1n) is 8.94. The molecule has 0 aliphatic carbocycles. The third-order valence-corrected chi connectivity index (χ3v) is 4.48. The SMILES string of the molecule is CC(C)(C)OC(=O)N1C2C=C(CCC3OCCCO3)CC1COC2. The Morgan fingerprint density at radius 2 is 2.04 bits per heavy atom. The molecule has 24 heavy (non-hydrogen) atoms. The highest BCUT2D eigenvalue weighted by molar-refractivity contribution is 5.70. The molecule has 3 heterocycles. The van der Waals surface area contributed by atoms with E-state index in [2.05, 4.69) is 6.08 Å². The first kappa shape index (κ1) is 17.7. The number of hydrogen-bond acceptors (Lipinski definition) is 5. The molecule has 136 valence electrons. The molecule has 0 N–H and O–H groups in total. The molecule has 3 aliphatic heterocycles. The smallest absolute Gasteiger partial charge is 0.411 e. The van der Waals surface area contributed by atoms with Gasteiger partial charge >= 0.3 is 6.09 Å². The van der Waals surface area contributed by atoms with E-state index in [0.717, 1.165) is 38.9 Å². The molecule has 6 heteroatoms. The maximum atomic E-state index is 12.5. The van der Waals surface area contributed by atoms with E-state index in [1.54, 1.807) is 0 Å². The summed E-state index contributed by atoms with van der Waals surface area (Å²) in [4.78, 5) is 14.4. The van der Waals surface area contributed by atoms with Gasteiger partial charge in [-0.2, -0.15) is 0 Å². The number of hydrogen-bond donors (Lipinski definition) is 0. The van der Waals surface area contributed by atoms with Crippen LogP contribution in [0, 0.1) is 0 Å². The third kappa shape index (κ3) is 4.49. The highest BCUT2D eigenvalue weighted by Gasteiger charge is 2.39. The molecule has 0 saturated carbocycles. The molecule has 0 spiro atoms. The van der Waals surface area contributed by atoms with Gasteiger partial charge in [0.2, 0.25) is 0 Å². The number of morpholine rings is 1. The number of ether oxygens (including phenoxy) is 4. The molecule has 2 saturated heterocycles. The molecule has 2 unspecified atom stereocenters. The van der Waals surface area contributed by atoms with E-state index in [9.17, 15) is 4.79 Å². The van der Waals surface area contributed by atoms with Crippen LogP contribution in [0.5, 0.6) is 0 Å². The second kappa shape index (κ2) is 7.42. The van der Waals surface area contributed by atoms with E-state index in [-0.39, 0.29) is 24.5 Å². The van der Waals surface area contributed by atoms with Crippen molar-refractivity contribution in [2.75, 3.05) is 26.4 Å². The third-order valence-electron chi connectivity index (χ3n) is 4.48. The van der Waals surface area contributed by atoms with Gasteiger partial charge in [-0.25, -0.2) is 4.79 Å². The van der Waals surface area contributed by atoms with Gasteiger partial charge in [-0.1, -0.05) is 11.6 Å². The fraction of sp³-hybridized carbons (Fsp3) is 0.833. The van der Waals surface area contributed by atoms with Gasteiger partial charge in [0.05, 0.1) is 38.5 Å². The first-order valence-corrected chi connectivity index (χ1v) is 8.94. The number of carbonyl (C=O) groups is 1. The van der Waals surface area contributed by atoms with Crippen LogP contribution < -0.4 is 0 Å². The topological polar surface area (TPSA) is 57.2 Å². The molecule has 0 aromatic carbocycles. The Hall–Kier alpha value is -1.11. The van der Waals surface area contributed by atoms with Crippen molar-refractivity contribution in [1.29, 1.82) is 0 Å². The van der Waals surface area contributed by atoms with Crippen LogP contribution in [0.2, 0.25) is 0 Å². The largest absolute Gasteiger partial charge is 0.444 e. The van der Waals surface area contributed by atoms with E-state index in [0.29, 0.717) is 13.2 Å². The van der Waals surface area contributed by atoms with Crippen molar-refractivity contribution in [1.82, 2.24) is 4.90 Å². The van der Waals surface area contributed by atoms with Gasteiger partial charge in [-0.3, -0.25) is 4.90 Å². The lowest BCUT2D eigenvalue weighted by molar-refractivity contribution is -0.180. The summed E-state index contributed by atoms with van der Waals surface area (Å²) in [5, 5.41) is 0. The van der Waals surface area contributed by atoms with Crippen molar-refractivity contribution in [3.05, 3.63) is 11.6 Å². The van der Waals surface area contributed by atoms with Crippen LogP contribution in [-0.4, -0.2) is 61.4 Å². The number of carbonyl (C=O) groups excluding carboxylic acids is 1. The number of amides is 1. The quantitative estimate of drug-likeness (QED) is 0.740. The van der Waals surface area contributed by atoms with Gasteiger partial charge < -0.3 is 18.9 Å². The molecule has 2 atom stereocenters. The minimum Gasteiger partial charge on any atom is -0.444 e. The summed E-state index contributed by atoms with van der Waals surface area (Å²) in [6, 6.07) is 0.0299. The summed E-state index contributed by atoms with van der Waals surface area (Å²) in [6.45, 7) is 8.37. The molecular weight excluding hydrogens is 310 g/mol. The summed E-state index contributed by atoms with van der Waals surface area (Å²) in [5.74, 6) is 0. The highest BCUT2D eigenvalue weighted by atomic mass is 16.7. The summed E-state index contributed by atoms with van der Waals surface area (Å²) >= 11 is 0. The lowest BCUT2D eigenvalue weighted by Gasteiger charge is -2.44. The second-order valence-electron chi connectivity index (χ2n) is 7.74. The lowest BCUT2D eigenvalue weighted by Crippen LogP contribution is -2.57. The van der Waals surface area contributed by atoms with Gasteiger partial charge in [-0.05, 0) is 40.0 Å². The predicted molar refractivity (Wildman–Crippen MR) is 88.7 cm³/mol. The fourth-order valence-corrected chi connectivity index (χ4v) is 3.48. The van der Waals surface area contributed by atoms with Crippen LogP contribution in [0.3, 0.4) is 0 Å². The van der Waals surface area contributed by atoms with Crippen molar-refractivity contribution >= 4 is 6.09 Å². The summed E-state index contributed by atoms with van der Waals surface area (Å²) < 4.78 is 22.4. The molecule has 3 rings (SSSR count). The van der Waals surface area contributed by atoms with Crippen LogP contribution in [0.4, 0.5) is 4.79 Å². The average molecular weight is 339 g/mol. The van der Waals surface area contributed by atoms with Gasteiger partial charge in [0.1, 0.15) is 5.60 Å². The highest BCUT2D eigenvalue weighted by Crippen LogP contribution is 2.31. The Balaban J connectivity index is 1.60. The summed E-state index contributed by atoms with van der Waals surface area (Å²) in [5.41, 5.74) is 0.886. The van der Waals surface area contributed by atoms with E-state index >= 15 is 0 Å². The number of rotatable bonds is 3. The van der Waals surface area contributed by atoms with Crippen molar-refractivity contribution in [2.45, 2.75) is 70.4 Å². The van der Waals surface area contributed by atoms with Crippen LogP contribution >= 0.6 is 0 Å². The van der Waals surface area contributed by atoms with Crippen molar-refractivity contribution < 1.29 is 23.7 Å². The van der Waals surface area contributed by atoms with E-state index in [1.807, 2.05) is 25.7 Å². The molecule has 0 radical (unpaired) electrons. The zero-order valence-electron chi connectivity index (χ0n) is 15.0. The number of fused-ring (bicyclic) bond motifs is 2. The molecule has 0 aromatic rings. The molecular formula is C18H29NO5. The maximum Gasteiger partial charge on any atom is 0.411 e. The molecule has 2 fully saturated rings. The van der Waals surface area contributed by atoms with Gasteiger partial charge in [0.15, 0.2) is 6.29 Å². The van der Waals surface area contributed by atoms with Crippen LogP contribution in [0.1, 0.15) is 46.5 Å². The Labute approximate surface area is 144 Å². The normalized spacial score (nSPS) is 28.5. The van der Waals surface area contributed by atoms with Crippen LogP contribution in [-0.2, 0) is 18.9 Å². The zero-order valence-corrected chi connectivity index (χ0v) is 15.0. The molecule has 3 aliphatic rings. The second-order valence-corrected chi connectivity index (χ2v) is 7.74. The average Bonchev–Trinajstić information content (AvgIpc) is 2.51. The number of nitrogens with zero attached hydrogens (tertiary/aromatic N) is 1. The first-order chi connectivity index (χ1) is 11.4. The molecule has 0 aromatic heterocycles. The molecule has 6 nitrogen and oxygen atoms in total.